The summed E-state index contributed by atoms with van der Waals surface area (Å²) >= 11 is 0. The summed E-state index contributed by atoms with van der Waals surface area (Å²) < 4.78 is 11.8. The van der Waals surface area contributed by atoms with Gasteiger partial charge in [0, 0.05) is 12.8 Å². The zero-order valence-corrected chi connectivity index (χ0v) is 10.3. The van der Waals surface area contributed by atoms with E-state index in [-0.39, 0.29) is 5.92 Å². The van der Waals surface area contributed by atoms with Gasteiger partial charge in [-0.3, -0.25) is 4.79 Å². The van der Waals surface area contributed by atoms with Crippen molar-refractivity contribution in [2.24, 2.45) is 5.92 Å². The van der Waals surface area contributed by atoms with E-state index in [0.29, 0.717) is 25.7 Å². The lowest BCUT2D eigenvalue weighted by Crippen LogP contribution is -2.43. The first-order valence-electron chi connectivity index (χ1n) is 6.29. The molecule has 1 aromatic rings. The van der Waals surface area contributed by atoms with Crippen molar-refractivity contribution < 1.29 is 19.4 Å². The van der Waals surface area contributed by atoms with Crippen molar-refractivity contribution in [3.05, 3.63) is 23.8 Å². The Labute approximate surface area is 106 Å². The van der Waals surface area contributed by atoms with Gasteiger partial charge in [0.1, 0.15) is 0 Å². The molecule has 0 radical (unpaired) electrons. The number of hydrogen-bond acceptors (Lipinski definition) is 3. The van der Waals surface area contributed by atoms with Gasteiger partial charge in [-0.15, -0.1) is 0 Å². The number of fused-ring (bicyclic) bond motifs is 1. The molecule has 1 aliphatic carbocycles. The highest BCUT2D eigenvalue weighted by Gasteiger charge is 2.45. The smallest absolute Gasteiger partial charge is 0.306 e. The topological polar surface area (TPSA) is 55.8 Å². The minimum absolute atomic E-state index is 0.256. The van der Waals surface area contributed by atoms with E-state index in [9.17, 15) is 4.79 Å². The standard InChI is InChI=1S/C14H16O4/c1-9-2-3-11-12(8-9)18-14(17-11)6-4-10(5-7-14)13(15)16/h2-3,8,10H,4-7H2,1H3,(H,15,16). The van der Waals surface area contributed by atoms with Crippen LogP contribution < -0.4 is 9.47 Å². The lowest BCUT2D eigenvalue weighted by atomic mass is 9.85. The Morgan fingerprint density at radius 1 is 1.28 bits per heavy atom. The van der Waals surface area contributed by atoms with Crippen molar-refractivity contribution >= 4 is 5.97 Å². The second-order valence-corrected chi connectivity index (χ2v) is 5.18. The molecule has 1 fully saturated rings. The first-order chi connectivity index (χ1) is 8.58. The second-order valence-electron chi connectivity index (χ2n) is 5.18. The Bertz CT molecular complexity index is 487. The molecule has 1 aliphatic heterocycles. The Kier molecular flexibility index (Phi) is 2.47. The second kappa shape index (κ2) is 3.90. The summed E-state index contributed by atoms with van der Waals surface area (Å²) in [5.41, 5.74) is 1.13. The number of hydrogen-bond donors (Lipinski definition) is 1. The van der Waals surface area contributed by atoms with E-state index < -0.39 is 11.8 Å². The number of aryl methyl sites for hydroxylation is 1. The monoisotopic (exact) mass is 248 g/mol. The molecular formula is C14H16O4. The molecule has 0 amide bonds. The van der Waals surface area contributed by atoms with Crippen molar-refractivity contribution in [2.75, 3.05) is 0 Å². The zero-order chi connectivity index (χ0) is 12.8. The summed E-state index contributed by atoms with van der Waals surface area (Å²) in [6.45, 7) is 2.01. The van der Waals surface area contributed by atoms with Crippen LogP contribution in [0.1, 0.15) is 31.2 Å². The third-order valence-electron chi connectivity index (χ3n) is 3.79. The van der Waals surface area contributed by atoms with Crippen LogP contribution in [-0.4, -0.2) is 16.9 Å². The largest absolute Gasteiger partial charge is 0.481 e. The first-order valence-corrected chi connectivity index (χ1v) is 6.29. The molecule has 3 rings (SSSR count). The van der Waals surface area contributed by atoms with Crippen molar-refractivity contribution in [1.82, 2.24) is 0 Å². The molecule has 0 aromatic heterocycles. The van der Waals surface area contributed by atoms with Gasteiger partial charge < -0.3 is 14.6 Å². The minimum Gasteiger partial charge on any atom is -0.481 e. The van der Waals surface area contributed by atoms with Crippen LogP contribution in [0.3, 0.4) is 0 Å². The third-order valence-corrected chi connectivity index (χ3v) is 3.79. The van der Waals surface area contributed by atoms with Gasteiger partial charge in [0.15, 0.2) is 11.5 Å². The van der Waals surface area contributed by atoms with Gasteiger partial charge in [-0.05, 0) is 37.5 Å². The van der Waals surface area contributed by atoms with Crippen molar-refractivity contribution in [2.45, 2.75) is 38.4 Å². The average Bonchev–Trinajstić information content (AvgIpc) is 2.66. The number of rotatable bonds is 1. The van der Waals surface area contributed by atoms with Crippen LogP contribution in [0.5, 0.6) is 11.5 Å². The normalized spacial score (nSPS) is 29.5. The molecule has 4 heteroatoms. The maximum Gasteiger partial charge on any atom is 0.306 e. The van der Waals surface area contributed by atoms with Crippen LogP contribution in [0.4, 0.5) is 0 Å². The third kappa shape index (κ3) is 1.82. The number of carboxylic acid groups (broad SMARTS) is 1. The highest BCUT2D eigenvalue weighted by atomic mass is 16.7. The van der Waals surface area contributed by atoms with Gasteiger partial charge in [-0.1, -0.05) is 6.07 Å². The summed E-state index contributed by atoms with van der Waals surface area (Å²) in [4.78, 5) is 10.9. The van der Waals surface area contributed by atoms with Crippen LogP contribution >= 0.6 is 0 Å². The van der Waals surface area contributed by atoms with Crippen LogP contribution in [0.15, 0.2) is 18.2 Å². The fraction of sp³-hybridized carbons (Fsp3) is 0.500. The summed E-state index contributed by atoms with van der Waals surface area (Å²) in [5.74, 6) is -0.0372. The van der Waals surface area contributed by atoms with Gasteiger partial charge in [0.2, 0.25) is 0 Å². The van der Waals surface area contributed by atoms with Crippen LogP contribution in [0.2, 0.25) is 0 Å². The Morgan fingerprint density at radius 2 is 1.94 bits per heavy atom. The number of aliphatic carboxylic acids is 1. The lowest BCUT2D eigenvalue weighted by Gasteiger charge is -2.33. The van der Waals surface area contributed by atoms with E-state index in [1.54, 1.807) is 0 Å². The van der Waals surface area contributed by atoms with E-state index in [4.69, 9.17) is 14.6 Å². The molecule has 1 N–H and O–H groups in total. The summed E-state index contributed by atoms with van der Waals surface area (Å²) in [6, 6.07) is 5.88. The molecule has 18 heavy (non-hydrogen) atoms. The van der Waals surface area contributed by atoms with E-state index in [2.05, 4.69) is 0 Å². The van der Waals surface area contributed by atoms with Crippen molar-refractivity contribution in [1.29, 1.82) is 0 Å². The quantitative estimate of drug-likeness (QED) is 0.830. The molecule has 0 unspecified atom stereocenters. The summed E-state index contributed by atoms with van der Waals surface area (Å²) in [7, 11) is 0. The van der Waals surface area contributed by atoms with Crippen molar-refractivity contribution in [3.8, 4) is 11.5 Å². The highest BCUT2D eigenvalue weighted by Crippen LogP contribution is 2.46. The molecule has 0 bridgehead atoms. The van der Waals surface area contributed by atoms with Gasteiger partial charge >= 0.3 is 5.97 Å². The van der Waals surface area contributed by atoms with Gasteiger partial charge in [-0.2, -0.15) is 0 Å². The summed E-state index contributed by atoms with van der Waals surface area (Å²) in [6.07, 6.45) is 2.50. The molecular weight excluding hydrogens is 232 g/mol. The number of benzene rings is 1. The van der Waals surface area contributed by atoms with Gasteiger partial charge in [0.05, 0.1) is 5.92 Å². The fourth-order valence-corrected chi connectivity index (χ4v) is 2.71. The SMILES string of the molecule is Cc1ccc2c(c1)OC1(CCC(C(=O)O)CC1)O2. The Hall–Kier alpha value is -1.71. The molecule has 1 aromatic carbocycles. The first kappa shape index (κ1) is 11.4. The van der Waals surface area contributed by atoms with Crippen LogP contribution in [0, 0.1) is 12.8 Å². The van der Waals surface area contributed by atoms with E-state index in [1.165, 1.54) is 0 Å². The van der Waals surface area contributed by atoms with Crippen LogP contribution in [-0.2, 0) is 4.79 Å². The van der Waals surface area contributed by atoms with E-state index in [1.807, 2.05) is 25.1 Å². The minimum atomic E-state index is -0.712. The molecule has 1 heterocycles. The molecule has 1 saturated carbocycles. The highest BCUT2D eigenvalue weighted by molar-refractivity contribution is 5.70. The average molecular weight is 248 g/mol. The van der Waals surface area contributed by atoms with E-state index in [0.717, 1.165) is 17.1 Å². The Balaban J connectivity index is 1.76. The number of carbonyl (C=O) groups is 1. The number of carboxylic acids is 1. The summed E-state index contributed by atoms with van der Waals surface area (Å²) in [5, 5.41) is 9.00. The molecule has 4 nitrogen and oxygen atoms in total. The molecule has 0 atom stereocenters. The van der Waals surface area contributed by atoms with Gasteiger partial charge in [-0.25, -0.2) is 0 Å². The fourth-order valence-electron chi connectivity index (χ4n) is 2.71. The van der Waals surface area contributed by atoms with Crippen LogP contribution in [0.25, 0.3) is 0 Å². The van der Waals surface area contributed by atoms with Crippen molar-refractivity contribution in [3.63, 3.8) is 0 Å². The molecule has 96 valence electrons. The predicted molar refractivity (Wildman–Crippen MR) is 64.8 cm³/mol. The van der Waals surface area contributed by atoms with Gasteiger partial charge in [0.25, 0.3) is 5.79 Å². The maximum atomic E-state index is 10.9. The zero-order valence-electron chi connectivity index (χ0n) is 10.3. The lowest BCUT2D eigenvalue weighted by molar-refractivity contribution is -0.150. The maximum absolute atomic E-state index is 10.9. The number of ether oxygens (including phenoxy) is 2. The molecule has 2 aliphatic rings. The van der Waals surface area contributed by atoms with E-state index >= 15 is 0 Å². The molecule has 0 saturated heterocycles. The predicted octanol–water partition coefficient (Wildman–Crippen LogP) is 2.74. The Morgan fingerprint density at radius 3 is 2.61 bits per heavy atom. The molecule has 1 spiro atoms.